The maximum absolute atomic E-state index is 14.4. The Balaban J connectivity index is 0.000000707. The molecule has 1 aliphatic rings. The molecule has 1 saturated carbocycles. The Labute approximate surface area is 165 Å². The van der Waals surface area contributed by atoms with Gasteiger partial charge in [-0.1, -0.05) is 6.07 Å². The summed E-state index contributed by atoms with van der Waals surface area (Å²) in [6.45, 7) is 4.00. The van der Waals surface area contributed by atoms with Crippen LogP contribution in [0.4, 0.5) is 30.2 Å². The van der Waals surface area contributed by atoms with Crippen LogP contribution in [0.2, 0.25) is 0 Å². The molecule has 29 heavy (non-hydrogen) atoms. The molecule has 4 rings (SSSR count). The largest absolute Gasteiger partial charge is 0.381 e. The van der Waals surface area contributed by atoms with Crippen LogP contribution in [0.25, 0.3) is 11.3 Å². The van der Waals surface area contributed by atoms with Crippen molar-refractivity contribution in [1.82, 2.24) is 10.2 Å². The third kappa shape index (κ3) is 5.22. The monoisotopic (exact) mass is 404 g/mol. The van der Waals surface area contributed by atoms with Crippen molar-refractivity contribution >= 4 is 30.6 Å². The van der Waals surface area contributed by atoms with Crippen molar-refractivity contribution in [2.45, 2.75) is 18.9 Å². The fourth-order valence-electron chi connectivity index (χ4n) is 2.58. The molecule has 9 heteroatoms. The lowest BCUT2D eigenvalue weighted by atomic mass is 10.1. The smallest absolute Gasteiger partial charge is 0.184 e. The van der Waals surface area contributed by atoms with Crippen LogP contribution in [0.15, 0.2) is 42.6 Å². The fraction of sp³-hybridized carbons (Fsp3) is 0.150. The van der Waals surface area contributed by atoms with Gasteiger partial charge in [0, 0.05) is 17.8 Å². The lowest BCUT2D eigenvalue weighted by Gasteiger charge is -2.15. The zero-order valence-corrected chi connectivity index (χ0v) is 15.3. The van der Waals surface area contributed by atoms with E-state index >= 15 is 0 Å². The van der Waals surface area contributed by atoms with E-state index in [4.69, 9.17) is 9.59 Å². The molecule has 1 aromatic heterocycles. The first-order valence-corrected chi connectivity index (χ1v) is 8.50. The number of carbonyl (C=O) groups is 2. The first kappa shape index (κ1) is 21.7. The Bertz CT molecular complexity index is 945. The average Bonchev–Trinajstić information content (AvgIpc) is 3.40. The minimum Gasteiger partial charge on any atom is -0.381 e. The molecule has 0 spiro atoms. The van der Waals surface area contributed by atoms with Crippen molar-refractivity contribution in [3.8, 4) is 11.3 Å². The minimum atomic E-state index is -1.04. The molecule has 1 fully saturated rings. The normalized spacial score (nSPS) is 12.1. The molecule has 0 unspecified atom stereocenters. The summed E-state index contributed by atoms with van der Waals surface area (Å²) in [5.74, 6) is -2.60. The molecule has 0 aliphatic heterocycles. The average molecular weight is 404 g/mol. The number of halogens is 3. The Kier molecular flexibility index (Phi) is 7.53. The standard InChI is InChI=1S/C18H15F3N4.2CH2O/c19-12-4-6-16(23-11-2-3-11)18(17(12)21)24-15-5-1-10(9-13(15)20)14-7-8-22-25-14;2*1-2/h1,4-9,11,23-24H,2-3H2,(H,22,25);2*1H2. The number of hydrogen-bond acceptors (Lipinski definition) is 5. The molecular formula is C20H19F3N4O2. The van der Waals surface area contributed by atoms with Crippen molar-refractivity contribution in [1.29, 1.82) is 0 Å². The quantitative estimate of drug-likeness (QED) is 0.585. The highest BCUT2D eigenvalue weighted by atomic mass is 19.2. The second-order valence-electron chi connectivity index (χ2n) is 5.99. The summed E-state index contributed by atoms with van der Waals surface area (Å²) in [6, 6.07) is 8.94. The van der Waals surface area contributed by atoms with Gasteiger partial charge in [-0.25, -0.2) is 13.2 Å². The molecule has 3 N–H and O–H groups in total. The fourth-order valence-corrected chi connectivity index (χ4v) is 2.58. The maximum Gasteiger partial charge on any atom is 0.184 e. The molecule has 0 bridgehead atoms. The van der Waals surface area contributed by atoms with Crippen LogP contribution < -0.4 is 10.6 Å². The highest BCUT2D eigenvalue weighted by Crippen LogP contribution is 2.35. The summed E-state index contributed by atoms with van der Waals surface area (Å²) >= 11 is 0. The molecule has 0 atom stereocenters. The van der Waals surface area contributed by atoms with Crippen LogP contribution >= 0.6 is 0 Å². The van der Waals surface area contributed by atoms with E-state index in [-0.39, 0.29) is 17.4 Å². The number of benzene rings is 2. The summed E-state index contributed by atoms with van der Waals surface area (Å²) in [5, 5.41) is 12.4. The van der Waals surface area contributed by atoms with Crippen LogP contribution in [0, 0.1) is 17.5 Å². The van der Waals surface area contributed by atoms with E-state index in [2.05, 4.69) is 20.8 Å². The Morgan fingerprint density at radius 2 is 1.62 bits per heavy atom. The van der Waals surface area contributed by atoms with Crippen molar-refractivity contribution in [2.24, 2.45) is 0 Å². The van der Waals surface area contributed by atoms with Crippen LogP contribution in [-0.4, -0.2) is 29.8 Å². The maximum atomic E-state index is 14.4. The molecule has 1 heterocycles. The zero-order valence-electron chi connectivity index (χ0n) is 15.3. The van der Waals surface area contributed by atoms with Crippen molar-refractivity contribution in [2.75, 3.05) is 10.6 Å². The predicted molar refractivity (Wildman–Crippen MR) is 105 cm³/mol. The van der Waals surface area contributed by atoms with E-state index < -0.39 is 17.5 Å². The van der Waals surface area contributed by atoms with E-state index in [0.717, 1.165) is 18.9 Å². The van der Waals surface area contributed by atoms with Crippen molar-refractivity contribution in [3.05, 3.63) is 60.0 Å². The van der Waals surface area contributed by atoms with Crippen molar-refractivity contribution < 1.29 is 22.8 Å². The van der Waals surface area contributed by atoms with Crippen LogP contribution in [0.5, 0.6) is 0 Å². The molecule has 6 nitrogen and oxygen atoms in total. The molecule has 0 radical (unpaired) electrons. The Morgan fingerprint density at radius 1 is 0.931 bits per heavy atom. The number of aromatic nitrogens is 2. The number of anilines is 3. The summed E-state index contributed by atoms with van der Waals surface area (Å²) in [4.78, 5) is 16.0. The van der Waals surface area contributed by atoms with Crippen LogP contribution in [0.3, 0.4) is 0 Å². The van der Waals surface area contributed by atoms with E-state index in [0.29, 0.717) is 16.9 Å². The van der Waals surface area contributed by atoms with Gasteiger partial charge in [-0.05, 0) is 43.2 Å². The number of carbonyl (C=O) groups excluding carboxylic acids is 2. The lowest BCUT2D eigenvalue weighted by Crippen LogP contribution is -2.07. The van der Waals surface area contributed by atoms with E-state index in [1.807, 2.05) is 13.6 Å². The van der Waals surface area contributed by atoms with Gasteiger partial charge in [0.25, 0.3) is 0 Å². The molecule has 1 aliphatic carbocycles. The number of H-pyrrole nitrogens is 1. The number of nitrogens with one attached hydrogen (secondary N) is 3. The van der Waals surface area contributed by atoms with E-state index in [1.54, 1.807) is 18.3 Å². The van der Waals surface area contributed by atoms with Crippen LogP contribution in [0.1, 0.15) is 12.8 Å². The first-order chi connectivity index (χ1) is 14.1. The number of nitrogens with zero attached hydrogens (tertiary/aromatic N) is 1. The number of aromatic amines is 1. The molecule has 3 aromatic rings. The van der Waals surface area contributed by atoms with Gasteiger partial charge in [0.05, 0.1) is 17.1 Å². The highest BCUT2D eigenvalue weighted by Gasteiger charge is 2.24. The summed E-state index contributed by atoms with van der Waals surface area (Å²) in [6.07, 6.45) is 3.52. The summed E-state index contributed by atoms with van der Waals surface area (Å²) in [7, 11) is 0. The molecule has 2 aromatic carbocycles. The molecule has 152 valence electrons. The Hall–Kier alpha value is -3.62. The SMILES string of the molecule is C=O.C=O.Fc1cc(-c2ccn[nH]2)ccc1Nc1c(NC2CC2)ccc(F)c1F. The minimum absolute atomic E-state index is 0.0617. The van der Waals surface area contributed by atoms with Gasteiger partial charge >= 0.3 is 0 Å². The number of rotatable bonds is 5. The zero-order chi connectivity index (χ0) is 21.4. The number of hydrogen-bond donors (Lipinski definition) is 3. The van der Waals surface area contributed by atoms with Gasteiger partial charge in [-0.15, -0.1) is 0 Å². The van der Waals surface area contributed by atoms with Gasteiger partial charge in [-0.2, -0.15) is 5.10 Å². The van der Waals surface area contributed by atoms with Gasteiger partial charge < -0.3 is 20.2 Å². The molecule has 0 amide bonds. The third-order valence-corrected chi connectivity index (χ3v) is 4.07. The lowest BCUT2D eigenvalue weighted by molar-refractivity contribution is -0.0987. The predicted octanol–water partition coefficient (Wildman–Crippen LogP) is 4.44. The summed E-state index contributed by atoms with van der Waals surface area (Å²) in [5.41, 5.74) is 1.65. The van der Waals surface area contributed by atoms with Gasteiger partial charge in [-0.3, -0.25) is 5.10 Å². The first-order valence-electron chi connectivity index (χ1n) is 8.50. The van der Waals surface area contributed by atoms with E-state index in [1.165, 1.54) is 18.2 Å². The summed E-state index contributed by atoms with van der Waals surface area (Å²) < 4.78 is 42.3. The topological polar surface area (TPSA) is 86.9 Å². The molecular weight excluding hydrogens is 385 g/mol. The van der Waals surface area contributed by atoms with Gasteiger partial charge in [0.2, 0.25) is 0 Å². The van der Waals surface area contributed by atoms with Crippen molar-refractivity contribution in [3.63, 3.8) is 0 Å². The van der Waals surface area contributed by atoms with E-state index in [9.17, 15) is 13.2 Å². The van der Waals surface area contributed by atoms with Gasteiger partial charge in [0.15, 0.2) is 11.6 Å². The second kappa shape index (κ2) is 10.1. The van der Waals surface area contributed by atoms with Gasteiger partial charge in [0.1, 0.15) is 25.1 Å². The Morgan fingerprint density at radius 3 is 2.21 bits per heavy atom. The molecule has 0 saturated heterocycles. The highest BCUT2D eigenvalue weighted by molar-refractivity contribution is 5.76. The third-order valence-electron chi connectivity index (χ3n) is 4.07. The van der Waals surface area contributed by atoms with Crippen LogP contribution in [-0.2, 0) is 9.59 Å². The second-order valence-corrected chi connectivity index (χ2v) is 5.99.